The minimum Gasteiger partial charge on any atom is -0.379 e. The van der Waals surface area contributed by atoms with Gasteiger partial charge in [0.15, 0.2) is 0 Å². The lowest BCUT2D eigenvalue weighted by molar-refractivity contribution is -0.130. The van der Waals surface area contributed by atoms with Gasteiger partial charge in [-0.2, -0.15) is 5.26 Å². The molecule has 0 aromatic heterocycles. The van der Waals surface area contributed by atoms with Gasteiger partial charge in [-0.3, -0.25) is 10.1 Å². The van der Waals surface area contributed by atoms with Crippen LogP contribution >= 0.6 is 0 Å². The Hall–Kier alpha value is -2.68. The van der Waals surface area contributed by atoms with Crippen molar-refractivity contribution in [2.45, 2.75) is 88.0 Å². The molecule has 2 N–H and O–H groups in total. The number of carbonyl (C=O) groups is 1. The fourth-order valence-electron chi connectivity index (χ4n) is 5.62. The molecule has 3 aliphatic carbocycles. The van der Waals surface area contributed by atoms with Crippen LogP contribution < -0.4 is 10.6 Å². The van der Waals surface area contributed by atoms with E-state index < -0.39 is 17.8 Å². The summed E-state index contributed by atoms with van der Waals surface area (Å²) in [5.74, 6) is 1.87. The van der Waals surface area contributed by atoms with E-state index in [2.05, 4.69) is 61.6 Å². The van der Waals surface area contributed by atoms with E-state index in [-0.39, 0.29) is 36.4 Å². The molecule has 33 heavy (non-hydrogen) atoms. The molecule has 2 bridgehead atoms. The maximum absolute atomic E-state index is 13.7. The molecule has 1 aliphatic heterocycles. The zero-order chi connectivity index (χ0) is 23.9. The van der Waals surface area contributed by atoms with Gasteiger partial charge < -0.3 is 10.2 Å². The Morgan fingerprint density at radius 3 is 2.45 bits per heavy atom. The summed E-state index contributed by atoms with van der Waals surface area (Å²) in [6.07, 6.45) is 2.69. The summed E-state index contributed by atoms with van der Waals surface area (Å²) in [7, 11) is 0. The van der Waals surface area contributed by atoms with Gasteiger partial charge in [0.2, 0.25) is 5.91 Å². The molecule has 1 aromatic carbocycles. The van der Waals surface area contributed by atoms with E-state index in [1.54, 1.807) is 0 Å². The summed E-state index contributed by atoms with van der Waals surface area (Å²) in [5, 5.41) is 16.2. The van der Waals surface area contributed by atoms with E-state index in [0.29, 0.717) is 12.0 Å². The minimum atomic E-state index is -1.16. The van der Waals surface area contributed by atoms with Gasteiger partial charge in [0, 0.05) is 29.6 Å². The van der Waals surface area contributed by atoms with E-state index in [1.807, 2.05) is 6.07 Å². The molecule has 0 spiro atoms. The molecule has 0 radical (unpaired) electrons. The van der Waals surface area contributed by atoms with Gasteiger partial charge in [-0.15, -0.1) is 0 Å². The van der Waals surface area contributed by atoms with Crippen LogP contribution in [0.25, 0.3) is 0 Å². The smallest absolute Gasteiger partial charge is 0.237 e. The number of rotatable bonds is 5. The predicted octanol–water partition coefficient (Wildman–Crippen LogP) is 3.66. The molecule has 7 heteroatoms. The number of nitriles is 1. The number of hydrogen-bond acceptors (Lipinski definition) is 5. The molecular weight excluding hydrogens is 419 g/mol. The Morgan fingerprint density at radius 1 is 1.21 bits per heavy atom. The summed E-state index contributed by atoms with van der Waals surface area (Å²) < 4.78 is 13.7. The van der Waals surface area contributed by atoms with Crippen molar-refractivity contribution in [2.24, 2.45) is 0 Å². The van der Waals surface area contributed by atoms with Crippen molar-refractivity contribution >= 4 is 17.5 Å². The first-order chi connectivity index (χ1) is 15.6. The number of fused-ring (bicyclic) bond motifs is 3. The second-order valence-electron chi connectivity index (χ2n) is 10.9. The van der Waals surface area contributed by atoms with Crippen LogP contribution in [0.1, 0.15) is 64.9 Å². The number of likely N-dealkylation sites (tertiary alicyclic amines) is 1. The lowest BCUT2D eigenvalue weighted by Gasteiger charge is -2.54. The van der Waals surface area contributed by atoms with Gasteiger partial charge >= 0.3 is 0 Å². The molecule has 1 aromatic rings. The summed E-state index contributed by atoms with van der Waals surface area (Å²) in [6, 6.07) is 9.80. The average molecular weight is 453 g/mol. The lowest BCUT2D eigenvalue weighted by atomic mass is 9.59. The fourth-order valence-corrected chi connectivity index (χ4v) is 5.62. The molecule has 4 fully saturated rings. The molecule has 6 nitrogen and oxygen atoms in total. The number of nitrogens with zero attached hydrogens (tertiary/aromatic N) is 2. The number of carbonyl (C=O) groups excluding carboxylic acids is 2. The van der Waals surface area contributed by atoms with Crippen LogP contribution in [-0.4, -0.2) is 53.1 Å². The standard InChI is InChI=1S/C26H33FN4O2/c1-24(2,3)18-4-6-21(7-5-18)30-25-8-10-26(11-9-25,19(13-25)17-32)29-15-23(33)31-16-20(27)12-22(31)14-28/h4-7,20,22,29-30H,8-13,15-16H2,1-3H3/t20-,22-,25?,26?/m0/s1. The molecule has 176 valence electrons. The maximum atomic E-state index is 13.7. The largest absolute Gasteiger partial charge is 0.379 e. The van der Waals surface area contributed by atoms with Gasteiger partial charge in [0.1, 0.15) is 18.2 Å². The second-order valence-corrected chi connectivity index (χ2v) is 10.9. The third kappa shape index (κ3) is 4.55. The van der Waals surface area contributed by atoms with Crippen molar-refractivity contribution < 1.29 is 14.0 Å². The maximum Gasteiger partial charge on any atom is 0.237 e. The van der Waals surface area contributed by atoms with E-state index in [9.17, 15) is 19.2 Å². The molecule has 4 aliphatic rings. The molecule has 0 unspecified atom stereocenters. The third-order valence-corrected chi connectivity index (χ3v) is 7.73. The number of amides is 1. The number of alkyl halides is 1. The van der Waals surface area contributed by atoms with Crippen molar-refractivity contribution in [1.82, 2.24) is 10.2 Å². The number of hydrogen-bond donors (Lipinski definition) is 2. The van der Waals surface area contributed by atoms with Crippen molar-refractivity contribution in [1.29, 1.82) is 5.26 Å². The second kappa shape index (κ2) is 8.59. The SMILES string of the molecule is CC(C)(C)c1ccc(NC23CCC(NCC(=O)N4C[C@@H](F)C[C@H]4C#N)(CC2)C(=C=O)C3)cc1. The van der Waals surface area contributed by atoms with E-state index in [1.165, 1.54) is 10.5 Å². The Morgan fingerprint density at radius 2 is 1.88 bits per heavy atom. The van der Waals surface area contributed by atoms with Crippen molar-refractivity contribution in [3.63, 3.8) is 0 Å². The van der Waals surface area contributed by atoms with E-state index in [0.717, 1.165) is 31.4 Å². The summed E-state index contributed by atoms with van der Waals surface area (Å²) in [4.78, 5) is 25.9. The Bertz CT molecular complexity index is 993. The normalized spacial score (nSPS) is 31.2. The van der Waals surface area contributed by atoms with E-state index in [4.69, 9.17) is 0 Å². The molecule has 1 amide bonds. The summed E-state index contributed by atoms with van der Waals surface area (Å²) >= 11 is 0. The number of halogens is 1. The fraction of sp³-hybridized carbons (Fsp3) is 0.615. The topological polar surface area (TPSA) is 85.2 Å². The summed E-state index contributed by atoms with van der Waals surface area (Å²) in [6.45, 7) is 6.52. The molecular formula is C26H33FN4O2. The Balaban J connectivity index is 1.41. The van der Waals surface area contributed by atoms with Crippen LogP contribution in [0, 0.1) is 11.3 Å². The van der Waals surface area contributed by atoms with Crippen LogP contribution in [0.3, 0.4) is 0 Å². The van der Waals surface area contributed by atoms with Gasteiger partial charge in [-0.1, -0.05) is 32.9 Å². The zero-order valence-corrected chi connectivity index (χ0v) is 19.7. The van der Waals surface area contributed by atoms with Crippen LogP contribution in [0.2, 0.25) is 0 Å². The van der Waals surface area contributed by atoms with Gasteiger partial charge in [0.25, 0.3) is 0 Å². The van der Waals surface area contributed by atoms with Crippen molar-refractivity contribution in [3.05, 3.63) is 35.4 Å². The van der Waals surface area contributed by atoms with Gasteiger partial charge in [0.05, 0.1) is 24.7 Å². The highest BCUT2D eigenvalue weighted by molar-refractivity contribution is 5.79. The zero-order valence-electron chi connectivity index (χ0n) is 19.7. The Kier molecular flexibility index (Phi) is 6.11. The molecule has 2 atom stereocenters. The first kappa shape index (κ1) is 23.5. The monoisotopic (exact) mass is 452 g/mol. The van der Waals surface area contributed by atoms with E-state index >= 15 is 0 Å². The van der Waals surface area contributed by atoms with Crippen LogP contribution in [-0.2, 0) is 15.0 Å². The summed E-state index contributed by atoms with van der Waals surface area (Å²) in [5.41, 5.74) is 2.33. The lowest BCUT2D eigenvalue weighted by Crippen LogP contribution is -2.62. The molecule has 1 heterocycles. The van der Waals surface area contributed by atoms with Gasteiger partial charge in [-0.05, 0) is 48.8 Å². The molecule has 1 saturated heterocycles. The third-order valence-electron chi connectivity index (χ3n) is 7.73. The highest BCUT2D eigenvalue weighted by Gasteiger charge is 2.52. The number of benzene rings is 1. The number of nitrogens with one attached hydrogen (secondary N) is 2. The van der Waals surface area contributed by atoms with Crippen LogP contribution in [0.5, 0.6) is 0 Å². The number of anilines is 1. The average Bonchev–Trinajstić information content (AvgIpc) is 3.18. The highest BCUT2D eigenvalue weighted by Crippen LogP contribution is 2.50. The Labute approximate surface area is 195 Å². The predicted molar refractivity (Wildman–Crippen MR) is 125 cm³/mol. The van der Waals surface area contributed by atoms with Crippen molar-refractivity contribution in [3.8, 4) is 6.07 Å². The quantitative estimate of drug-likeness (QED) is 0.666. The molecule has 5 rings (SSSR count). The van der Waals surface area contributed by atoms with Crippen LogP contribution in [0.4, 0.5) is 10.1 Å². The van der Waals surface area contributed by atoms with Gasteiger partial charge in [-0.25, -0.2) is 9.18 Å². The highest BCUT2D eigenvalue weighted by atomic mass is 19.1. The van der Waals surface area contributed by atoms with Crippen molar-refractivity contribution in [2.75, 3.05) is 18.4 Å². The first-order valence-corrected chi connectivity index (χ1v) is 11.8. The minimum absolute atomic E-state index is 0.00915. The molecule has 3 saturated carbocycles. The van der Waals surface area contributed by atoms with Crippen LogP contribution in [0.15, 0.2) is 29.8 Å². The first-order valence-electron chi connectivity index (χ1n) is 11.8.